The van der Waals surface area contributed by atoms with Gasteiger partial charge in [0.05, 0.1) is 5.69 Å². The second kappa shape index (κ2) is 5.50. The van der Waals surface area contributed by atoms with Crippen molar-refractivity contribution in [2.75, 3.05) is 10.5 Å². The van der Waals surface area contributed by atoms with Gasteiger partial charge in [0.25, 0.3) is 10.0 Å². The van der Waals surface area contributed by atoms with Gasteiger partial charge in [-0.15, -0.1) is 0 Å². The van der Waals surface area contributed by atoms with E-state index in [9.17, 15) is 8.42 Å². The minimum atomic E-state index is -3.89. The first-order chi connectivity index (χ1) is 9.70. The second-order valence-electron chi connectivity index (χ2n) is 4.70. The zero-order valence-corrected chi connectivity index (χ0v) is 13.4. The van der Waals surface area contributed by atoms with E-state index in [1.807, 2.05) is 0 Å². The Kier molecular flexibility index (Phi) is 4.06. The van der Waals surface area contributed by atoms with Gasteiger partial charge in [-0.25, -0.2) is 23.1 Å². The number of aryl methyl sites for hydroxylation is 3. The predicted molar refractivity (Wildman–Crippen MR) is 82.9 cm³/mol. The number of benzene rings is 1. The van der Waals surface area contributed by atoms with Gasteiger partial charge < -0.3 is 5.73 Å². The van der Waals surface area contributed by atoms with Crippen LogP contribution in [0.15, 0.2) is 23.1 Å². The SMILES string of the molecule is Cc1cc(Cl)nc(NS(=O)(=O)c2c(C)ccc(C)c2N)n1. The van der Waals surface area contributed by atoms with Gasteiger partial charge in [-0.1, -0.05) is 23.7 Å². The maximum Gasteiger partial charge on any atom is 0.266 e. The normalized spacial score (nSPS) is 11.4. The molecule has 6 nitrogen and oxygen atoms in total. The Morgan fingerprint density at radius 1 is 1.14 bits per heavy atom. The molecule has 0 saturated carbocycles. The maximum absolute atomic E-state index is 12.5. The molecule has 21 heavy (non-hydrogen) atoms. The quantitative estimate of drug-likeness (QED) is 0.666. The van der Waals surface area contributed by atoms with Crippen molar-refractivity contribution in [3.63, 3.8) is 0 Å². The number of rotatable bonds is 3. The monoisotopic (exact) mass is 326 g/mol. The summed E-state index contributed by atoms with van der Waals surface area (Å²) >= 11 is 5.80. The summed E-state index contributed by atoms with van der Waals surface area (Å²) in [5.41, 5.74) is 7.89. The predicted octanol–water partition coefficient (Wildman–Crippen LogP) is 2.44. The summed E-state index contributed by atoms with van der Waals surface area (Å²) in [4.78, 5) is 7.88. The second-order valence-corrected chi connectivity index (χ2v) is 6.71. The Hall–Kier alpha value is -1.86. The van der Waals surface area contributed by atoms with Crippen LogP contribution in [0.25, 0.3) is 0 Å². The molecule has 0 saturated heterocycles. The average Bonchev–Trinajstić information content (AvgIpc) is 2.32. The lowest BCUT2D eigenvalue weighted by Gasteiger charge is -2.13. The molecule has 0 amide bonds. The van der Waals surface area contributed by atoms with Gasteiger partial charge >= 0.3 is 0 Å². The first-order valence-electron chi connectivity index (χ1n) is 6.10. The molecular weight excluding hydrogens is 312 g/mol. The first kappa shape index (κ1) is 15.5. The lowest BCUT2D eigenvalue weighted by Crippen LogP contribution is -2.18. The molecule has 1 heterocycles. The molecule has 0 unspecified atom stereocenters. The van der Waals surface area contributed by atoms with E-state index in [4.69, 9.17) is 17.3 Å². The summed E-state index contributed by atoms with van der Waals surface area (Å²) in [6.07, 6.45) is 0. The number of nitrogens with zero attached hydrogens (tertiary/aromatic N) is 2. The number of anilines is 2. The molecule has 8 heteroatoms. The molecule has 1 aromatic carbocycles. The molecule has 2 aromatic rings. The first-order valence-corrected chi connectivity index (χ1v) is 7.96. The highest BCUT2D eigenvalue weighted by atomic mass is 35.5. The summed E-state index contributed by atoms with van der Waals surface area (Å²) in [7, 11) is -3.89. The number of halogens is 1. The molecule has 0 fully saturated rings. The summed E-state index contributed by atoms with van der Waals surface area (Å²) in [6, 6.07) is 5.00. The number of nitrogen functional groups attached to an aromatic ring is 1. The van der Waals surface area contributed by atoms with Crippen LogP contribution >= 0.6 is 11.6 Å². The van der Waals surface area contributed by atoms with Crippen LogP contribution in [0, 0.1) is 20.8 Å². The molecule has 0 aliphatic heterocycles. The van der Waals surface area contributed by atoms with Crippen molar-refractivity contribution >= 4 is 33.3 Å². The zero-order chi connectivity index (χ0) is 15.8. The Balaban J connectivity index is 2.51. The van der Waals surface area contributed by atoms with Crippen molar-refractivity contribution in [2.24, 2.45) is 0 Å². The highest BCUT2D eigenvalue weighted by Crippen LogP contribution is 2.27. The zero-order valence-electron chi connectivity index (χ0n) is 11.8. The van der Waals surface area contributed by atoms with Crippen molar-refractivity contribution in [3.8, 4) is 0 Å². The fourth-order valence-electron chi connectivity index (χ4n) is 1.91. The minimum Gasteiger partial charge on any atom is -0.397 e. The molecule has 0 atom stereocenters. The molecule has 1 aromatic heterocycles. The van der Waals surface area contributed by atoms with Gasteiger partial charge in [-0.3, -0.25) is 0 Å². The van der Waals surface area contributed by atoms with E-state index in [0.717, 1.165) is 0 Å². The number of nitrogens with one attached hydrogen (secondary N) is 1. The summed E-state index contributed by atoms with van der Waals surface area (Å²) < 4.78 is 27.3. The Morgan fingerprint density at radius 2 is 1.76 bits per heavy atom. The summed E-state index contributed by atoms with van der Waals surface area (Å²) in [5, 5.41) is 0.161. The van der Waals surface area contributed by atoms with Crippen molar-refractivity contribution in [1.82, 2.24) is 9.97 Å². The van der Waals surface area contributed by atoms with Crippen LogP contribution in [0.2, 0.25) is 5.15 Å². The van der Waals surface area contributed by atoms with Crippen molar-refractivity contribution in [3.05, 3.63) is 40.2 Å². The molecule has 0 spiro atoms. The van der Waals surface area contributed by atoms with Gasteiger partial charge in [-0.05, 0) is 38.0 Å². The van der Waals surface area contributed by atoms with E-state index in [1.54, 1.807) is 32.9 Å². The van der Waals surface area contributed by atoms with E-state index in [1.165, 1.54) is 6.07 Å². The van der Waals surface area contributed by atoms with Crippen molar-refractivity contribution in [1.29, 1.82) is 0 Å². The van der Waals surface area contributed by atoms with Crippen LogP contribution in [0.5, 0.6) is 0 Å². The highest BCUT2D eigenvalue weighted by Gasteiger charge is 2.22. The van der Waals surface area contributed by atoms with Crippen LogP contribution in [-0.4, -0.2) is 18.4 Å². The third kappa shape index (κ3) is 3.25. The van der Waals surface area contributed by atoms with Crippen LogP contribution in [0.1, 0.15) is 16.8 Å². The molecule has 0 aliphatic rings. The lowest BCUT2D eigenvalue weighted by molar-refractivity contribution is 0.600. The molecule has 3 N–H and O–H groups in total. The molecular formula is C13H15ClN4O2S. The third-order valence-electron chi connectivity index (χ3n) is 2.93. The Bertz CT molecular complexity index is 786. The van der Waals surface area contributed by atoms with E-state index < -0.39 is 10.0 Å². The number of hydrogen-bond acceptors (Lipinski definition) is 5. The van der Waals surface area contributed by atoms with E-state index >= 15 is 0 Å². The average molecular weight is 327 g/mol. The van der Waals surface area contributed by atoms with Gasteiger partial charge in [0.1, 0.15) is 10.0 Å². The molecule has 0 radical (unpaired) electrons. The standard InChI is InChI=1S/C13H15ClN4O2S/c1-7-4-5-8(2)12(11(7)15)21(19,20)18-13-16-9(3)6-10(14)17-13/h4-6H,15H2,1-3H3,(H,16,17,18). The molecule has 2 rings (SSSR count). The molecule has 0 aliphatic carbocycles. The van der Waals surface area contributed by atoms with Gasteiger partial charge in [-0.2, -0.15) is 0 Å². The fraction of sp³-hybridized carbons (Fsp3) is 0.231. The minimum absolute atomic E-state index is 0.0312. The Morgan fingerprint density at radius 3 is 2.38 bits per heavy atom. The van der Waals surface area contributed by atoms with Crippen LogP contribution in [-0.2, 0) is 10.0 Å². The van der Waals surface area contributed by atoms with Gasteiger partial charge in [0.15, 0.2) is 0 Å². The van der Waals surface area contributed by atoms with E-state index in [0.29, 0.717) is 16.8 Å². The lowest BCUT2D eigenvalue weighted by atomic mass is 10.1. The third-order valence-corrected chi connectivity index (χ3v) is 4.65. The number of hydrogen-bond donors (Lipinski definition) is 2. The smallest absolute Gasteiger partial charge is 0.266 e. The van der Waals surface area contributed by atoms with Gasteiger partial charge in [0, 0.05) is 5.69 Å². The van der Waals surface area contributed by atoms with Gasteiger partial charge in [0.2, 0.25) is 5.95 Å². The van der Waals surface area contributed by atoms with Crippen molar-refractivity contribution in [2.45, 2.75) is 25.7 Å². The number of sulfonamides is 1. The highest BCUT2D eigenvalue weighted by molar-refractivity contribution is 7.93. The van der Waals surface area contributed by atoms with E-state index in [2.05, 4.69) is 14.7 Å². The molecule has 0 bridgehead atoms. The fourth-order valence-corrected chi connectivity index (χ4v) is 3.52. The largest absolute Gasteiger partial charge is 0.397 e. The Labute approximate surface area is 128 Å². The number of aromatic nitrogens is 2. The summed E-state index contributed by atoms with van der Waals surface area (Å²) in [5.74, 6) is -0.0830. The van der Waals surface area contributed by atoms with Crippen molar-refractivity contribution < 1.29 is 8.42 Å². The number of nitrogens with two attached hydrogens (primary N) is 1. The maximum atomic E-state index is 12.5. The van der Waals surface area contributed by atoms with Crippen LogP contribution < -0.4 is 10.5 Å². The van der Waals surface area contributed by atoms with Crippen LogP contribution in [0.3, 0.4) is 0 Å². The van der Waals surface area contributed by atoms with Crippen LogP contribution in [0.4, 0.5) is 11.6 Å². The topological polar surface area (TPSA) is 98.0 Å². The summed E-state index contributed by atoms with van der Waals surface area (Å²) in [6.45, 7) is 5.11. The van der Waals surface area contributed by atoms with E-state index in [-0.39, 0.29) is 21.7 Å². The molecule has 112 valence electrons.